The van der Waals surface area contributed by atoms with E-state index in [1.807, 2.05) is 25.1 Å². The van der Waals surface area contributed by atoms with Gasteiger partial charge in [0, 0.05) is 6.61 Å². The summed E-state index contributed by atoms with van der Waals surface area (Å²) in [5.74, 6) is 3.60. The lowest BCUT2D eigenvalue weighted by atomic mass is 10.1. The maximum absolute atomic E-state index is 12.8. The van der Waals surface area contributed by atoms with Crippen LogP contribution in [0.25, 0.3) is 6.08 Å². The lowest BCUT2D eigenvalue weighted by molar-refractivity contribution is -0.123. The largest absolute Gasteiger partial charge is 0.490 e. The number of carbonyl (C=O) groups is 1. The van der Waals surface area contributed by atoms with E-state index in [1.165, 1.54) is 11.8 Å². The standard InChI is InChI=1S/C20H20INO4S2/c1-3-7-26-18-15(21)9-13(10-16(18)24-4-2)11-17-19(23)22(20(27)28-17)12-14-6-5-8-25-14/h1,9-11,14H,4-8,12H2,2H3/b17-11-/t14-/m0/s1. The van der Waals surface area contributed by atoms with Crippen molar-refractivity contribution >= 4 is 62.9 Å². The van der Waals surface area contributed by atoms with Crippen LogP contribution in [0.15, 0.2) is 17.0 Å². The van der Waals surface area contributed by atoms with E-state index in [1.54, 1.807) is 4.90 Å². The molecule has 0 aliphatic carbocycles. The van der Waals surface area contributed by atoms with Crippen molar-refractivity contribution in [1.82, 2.24) is 4.90 Å². The predicted molar refractivity (Wildman–Crippen MR) is 124 cm³/mol. The van der Waals surface area contributed by atoms with Gasteiger partial charge in [0.15, 0.2) is 11.5 Å². The first-order valence-electron chi connectivity index (χ1n) is 8.93. The van der Waals surface area contributed by atoms with Gasteiger partial charge in [-0.3, -0.25) is 9.69 Å². The monoisotopic (exact) mass is 529 g/mol. The van der Waals surface area contributed by atoms with Gasteiger partial charge in [0.25, 0.3) is 5.91 Å². The summed E-state index contributed by atoms with van der Waals surface area (Å²) in [5, 5.41) is 0. The van der Waals surface area contributed by atoms with Gasteiger partial charge in [-0.25, -0.2) is 0 Å². The summed E-state index contributed by atoms with van der Waals surface area (Å²) in [7, 11) is 0. The first kappa shape index (κ1) is 21.4. The second kappa shape index (κ2) is 9.96. The van der Waals surface area contributed by atoms with E-state index in [0.717, 1.165) is 28.6 Å². The van der Waals surface area contributed by atoms with E-state index in [9.17, 15) is 4.79 Å². The quantitative estimate of drug-likeness (QED) is 0.230. The highest BCUT2D eigenvalue weighted by Gasteiger charge is 2.34. The number of halogens is 1. The van der Waals surface area contributed by atoms with E-state index in [4.69, 9.17) is 32.9 Å². The Bertz CT molecular complexity index is 843. The van der Waals surface area contributed by atoms with Crippen molar-refractivity contribution in [1.29, 1.82) is 0 Å². The first-order valence-corrected chi connectivity index (χ1v) is 11.2. The third-order valence-electron chi connectivity index (χ3n) is 4.21. The van der Waals surface area contributed by atoms with Crippen molar-refractivity contribution in [3.05, 3.63) is 26.2 Å². The zero-order valence-corrected chi connectivity index (χ0v) is 19.2. The molecule has 0 spiro atoms. The summed E-state index contributed by atoms with van der Waals surface area (Å²) < 4.78 is 18.4. The summed E-state index contributed by atoms with van der Waals surface area (Å²) in [5.41, 5.74) is 0.846. The summed E-state index contributed by atoms with van der Waals surface area (Å²) in [6, 6.07) is 3.78. The molecule has 0 aromatic heterocycles. The van der Waals surface area contributed by atoms with Gasteiger partial charge >= 0.3 is 0 Å². The molecule has 0 N–H and O–H groups in total. The van der Waals surface area contributed by atoms with Crippen molar-refractivity contribution in [3.8, 4) is 23.8 Å². The van der Waals surface area contributed by atoms with Gasteiger partial charge in [-0.1, -0.05) is 29.9 Å². The van der Waals surface area contributed by atoms with Crippen LogP contribution in [0.1, 0.15) is 25.3 Å². The lowest BCUT2D eigenvalue weighted by Crippen LogP contribution is -2.35. The number of thioether (sulfide) groups is 1. The zero-order chi connectivity index (χ0) is 20.1. The van der Waals surface area contributed by atoms with Crippen LogP contribution in [0.5, 0.6) is 11.5 Å². The minimum absolute atomic E-state index is 0.0694. The van der Waals surface area contributed by atoms with E-state index in [0.29, 0.717) is 33.9 Å². The molecule has 1 aromatic rings. The number of nitrogens with zero attached hydrogens (tertiary/aromatic N) is 1. The molecule has 3 rings (SSSR count). The third-order valence-corrected chi connectivity index (χ3v) is 6.39. The molecule has 0 saturated carbocycles. The van der Waals surface area contributed by atoms with Crippen molar-refractivity contribution < 1.29 is 19.0 Å². The zero-order valence-electron chi connectivity index (χ0n) is 15.4. The minimum Gasteiger partial charge on any atom is -0.490 e. The van der Waals surface area contributed by atoms with Crippen LogP contribution in [0, 0.1) is 15.9 Å². The number of thiocarbonyl (C=S) groups is 1. The molecule has 8 heteroatoms. The van der Waals surface area contributed by atoms with Crippen LogP contribution in [-0.2, 0) is 9.53 Å². The highest BCUT2D eigenvalue weighted by Crippen LogP contribution is 2.38. The summed E-state index contributed by atoms with van der Waals surface area (Å²) in [4.78, 5) is 15.1. The SMILES string of the molecule is C#CCOc1c(I)cc(/C=C2\SC(=S)N(C[C@@H]3CCCO3)C2=O)cc1OCC. The molecule has 2 aliphatic rings. The number of carbonyl (C=O) groups excluding carboxylic acids is 1. The molecule has 1 amide bonds. The molecular weight excluding hydrogens is 509 g/mol. The normalized spacial score (nSPS) is 20.7. The molecule has 2 fully saturated rings. The second-order valence-electron chi connectivity index (χ2n) is 6.18. The fourth-order valence-corrected chi connectivity index (χ4v) is 5.04. The van der Waals surface area contributed by atoms with Gasteiger partial charge in [-0.2, -0.15) is 0 Å². The average molecular weight is 529 g/mol. The fraction of sp³-hybridized carbons (Fsp3) is 0.400. The van der Waals surface area contributed by atoms with E-state index < -0.39 is 0 Å². The highest BCUT2D eigenvalue weighted by atomic mass is 127. The highest BCUT2D eigenvalue weighted by molar-refractivity contribution is 14.1. The molecule has 148 valence electrons. The molecule has 28 heavy (non-hydrogen) atoms. The predicted octanol–water partition coefficient (Wildman–Crippen LogP) is 4.08. The van der Waals surface area contributed by atoms with Crippen LogP contribution in [-0.4, -0.2) is 47.6 Å². The molecular formula is C20H20INO4S2. The molecule has 0 bridgehead atoms. The van der Waals surface area contributed by atoms with E-state index in [-0.39, 0.29) is 18.6 Å². The Hall–Kier alpha value is -1.28. The fourth-order valence-electron chi connectivity index (χ4n) is 2.99. The van der Waals surface area contributed by atoms with Crippen LogP contribution < -0.4 is 9.47 Å². The molecule has 1 atom stereocenters. The van der Waals surface area contributed by atoms with E-state index in [2.05, 4.69) is 28.5 Å². The number of ether oxygens (including phenoxy) is 3. The van der Waals surface area contributed by atoms with Crippen molar-refractivity contribution in [2.24, 2.45) is 0 Å². The number of hydrogen-bond donors (Lipinski definition) is 0. The van der Waals surface area contributed by atoms with Crippen LogP contribution >= 0.6 is 46.6 Å². The van der Waals surface area contributed by atoms with Gasteiger partial charge in [-0.05, 0) is 66.1 Å². The summed E-state index contributed by atoms with van der Waals surface area (Å²) in [6.45, 7) is 3.83. The summed E-state index contributed by atoms with van der Waals surface area (Å²) in [6.07, 6.45) is 9.20. The minimum atomic E-state index is -0.0777. The Labute approximate surface area is 188 Å². The average Bonchev–Trinajstić information content (AvgIpc) is 3.26. The molecule has 2 saturated heterocycles. The van der Waals surface area contributed by atoms with Crippen LogP contribution in [0.3, 0.4) is 0 Å². The van der Waals surface area contributed by atoms with Gasteiger partial charge in [0.05, 0.1) is 27.7 Å². The summed E-state index contributed by atoms with van der Waals surface area (Å²) >= 11 is 8.91. The lowest BCUT2D eigenvalue weighted by Gasteiger charge is -2.18. The second-order valence-corrected chi connectivity index (χ2v) is 9.02. The topological polar surface area (TPSA) is 48.0 Å². The molecule has 2 heterocycles. The van der Waals surface area contributed by atoms with Gasteiger partial charge in [-0.15, -0.1) is 6.42 Å². The van der Waals surface area contributed by atoms with Crippen molar-refractivity contribution in [3.63, 3.8) is 0 Å². The third kappa shape index (κ3) is 5.00. The van der Waals surface area contributed by atoms with Gasteiger partial charge in [0.1, 0.15) is 10.9 Å². The Kier molecular flexibility index (Phi) is 7.62. The number of rotatable bonds is 7. The smallest absolute Gasteiger partial charge is 0.266 e. The molecule has 0 radical (unpaired) electrons. The van der Waals surface area contributed by atoms with Crippen LogP contribution in [0.4, 0.5) is 0 Å². The number of benzene rings is 1. The van der Waals surface area contributed by atoms with Crippen LogP contribution in [0.2, 0.25) is 0 Å². The molecule has 0 unspecified atom stereocenters. The van der Waals surface area contributed by atoms with Crippen molar-refractivity contribution in [2.75, 3.05) is 26.4 Å². The van der Waals surface area contributed by atoms with Gasteiger partial charge < -0.3 is 14.2 Å². The molecule has 2 aliphatic heterocycles. The maximum Gasteiger partial charge on any atom is 0.266 e. The number of amides is 1. The maximum atomic E-state index is 12.8. The van der Waals surface area contributed by atoms with Crippen molar-refractivity contribution in [2.45, 2.75) is 25.9 Å². The Morgan fingerprint density at radius 3 is 3.00 bits per heavy atom. The number of hydrogen-bond acceptors (Lipinski definition) is 6. The van der Waals surface area contributed by atoms with E-state index >= 15 is 0 Å². The molecule has 5 nitrogen and oxygen atoms in total. The molecule has 1 aromatic carbocycles. The Balaban J connectivity index is 1.83. The number of terminal acetylenes is 1. The Morgan fingerprint density at radius 2 is 2.32 bits per heavy atom. The van der Waals surface area contributed by atoms with Gasteiger partial charge in [0.2, 0.25) is 0 Å². The first-order chi connectivity index (χ1) is 13.5. The Morgan fingerprint density at radius 1 is 1.50 bits per heavy atom.